The van der Waals surface area contributed by atoms with E-state index in [0.29, 0.717) is 6.54 Å². The zero-order valence-electron chi connectivity index (χ0n) is 11.9. The first-order chi connectivity index (χ1) is 10.3. The molecule has 0 atom stereocenters. The van der Waals surface area contributed by atoms with Crippen molar-refractivity contribution in [1.82, 2.24) is 18.9 Å². The predicted octanol–water partition coefficient (Wildman–Crippen LogP) is 2.90. The first kappa shape index (κ1) is 13.8. The molecule has 0 unspecified atom stereocenters. The average Bonchev–Trinajstić information content (AvgIpc) is 3.12. The summed E-state index contributed by atoms with van der Waals surface area (Å²) in [5.41, 5.74) is 1.34. The molecular formula is C15H17N5S. The Hall–Kier alpha value is -2.21. The minimum Gasteiger partial charge on any atom is -0.353 e. The van der Waals surface area contributed by atoms with Gasteiger partial charge < -0.3 is 9.88 Å². The van der Waals surface area contributed by atoms with Gasteiger partial charge in [-0.05, 0) is 18.9 Å². The number of anilines is 1. The lowest BCUT2D eigenvalue weighted by molar-refractivity contribution is 0.658. The molecule has 3 rings (SSSR count). The van der Waals surface area contributed by atoms with Crippen molar-refractivity contribution in [2.45, 2.75) is 26.4 Å². The lowest BCUT2D eigenvalue weighted by atomic mass is 10.1. The van der Waals surface area contributed by atoms with Gasteiger partial charge in [-0.1, -0.05) is 30.3 Å². The van der Waals surface area contributed by atoms with Crippen LogP contribution in [0, 0.1) is 6.92 Å². The number of rotatable bonds is 6. The molecule has 21 heavy (non-hydrogen) atoms. The van der Waals surface area contributed by atoms with Crippen molar-refractivity contribution in [2.75, 3.05) is 5.32 Å². The van der Waals surface area contributed by atoms with E-state index in [9.17, 15) is 0 Å². The van der Waals surface area contributed by atoms with Crippen molar-refractivity contribution >= 4 is 16.7 Å². The molecule has 0 radical (unpaired) electrons. The quantitative estimate of drug-likeness (QED) is 0.760. The molecule has 0 saturated carbocycles. The number of aromatic nitrogens is 4. The second kappa shape index (κ2) is 6.49. The highest BCUT2D eigenvalue weighted by Crippen LogP contribution is 2.12. The third-order valence-corrected chi connectivity index (χ3v) is 3.98. The Bertz CT molecular complexity index is 689. The van der Waals surface area contributed by atoms with E-state index in [2.05, 4.69) is 48.5 Å². The van der Waals surface area contributed by atoms with E-state index in [0.717, 1.165) is 29.7 Å². The maximum atomic E-state index is 4.41. The molecule has 0 spiro atoms. The summed E-state index contributed by atoms with van der Waals surface area (Å²) in [5.74, 6) is 1.81. The highest BCUT2D eigenvalue weighted by Gasteiger charge is 2.05. The molecule has 0 saturated heterocycles. The Morgan fingerprint density at radius 1 is 1.24 bits per heavy atom. The highest BCUT2D eigenvalue weighted by atomic mass is 32.1. The summed E-state index contributed by atoms with van der Waals surface area (Å²) in [6, 6.07) is 10.5. The molecule has 2 heterocycles. The van der Waals surface area contributed by atoms with Crippen LogP contribution in [0.2, 0.25) is 0 Å². The van der Waals surface area contributed by atoms with Crippen LogP contribution in [0.1, 0.15) is 17.2 Å². The van der Waals surface area contributed by atoms with Crippen LogP contribution >= 0.6 is 11.5 Å². The van der Waals surface area contributed by atoms with Crippen LogP contribution in [0.4, 0.5) is 5.13 Å². The molecule has 6 heteroatoms. The van der Waals surface area contributed by atoms with Crippen molar-refractivity contribution in [3.8, 4) is 0 Å². The number of imidazole rings is 1. The molecular weight excluding hydrogens is 282 g/mol. The molecule has 0 aliphatic heterocycles. The van der Waals surface area contributed by atoms with Crippen molar-refractivity contribution in [3.63, 3.8) is 0 Å². The molecule has 0 bridgehead atoms. The molecule has 0 aliphatic rings. The van der Waals surface area contributed by atoms with Crippen molar-refractivity contribution in [1.29, 1.82) is 0 Å². The van der Waals surface area contributed by atoms with Gasteiger partial charge in [0.05, 0.1) is 6.54 Å². The second-order valence-corrected chi connectivity index (χ2v) is 5.52. The van der Waals surface area contributed by atoms with Gasteiger partial charge in [0, 0.05) is 30.5 Å². The van der Waals surface area contributed by atoms with E-state index in [1.807, 2.05) is 25.4 Å². The lowest BCUT2D eigenvalue weighted by Gasteiger charge is -2.08. The van der Waals surface area contributed by atoms with Gasteiger partial charge in [0.1, 0.15) is 11.6 Å². The molecule has 0 fully saturated rings. The fourth-order valence-corrected chi connectivity index (χ4v) is 2.70. The number of hydrogen-bond acceptors (Lipinski definition) is 5. The second-order valence-electron chi connectivity index (χ2n) is 4.77. The zero-order valence-corrected chi connectivity index (χ0v) is 12.7. The molecule has 1 aromatic carbocycles. The van der Waals surface area contributed by atoms with E-state index in [4.69, 9.17) is 0 Å². The van der Waals surface area contributed by atoms with Gasteiger partial charge in [0.15, 0.2) is 0 Å². The molecule has 0 aliphatic carbocycles. The predicted molar refractivity (Wildman–Crippen MR) is 84.3 cm³/mol. The fraction of sp³-hybridized carbons (Fsp3) is 0.267. The van der Waals surface area contributed by atoms with Crippen molar-refractivity contribution in [2.24, 2.45) is 0 Å². The topological polar surface area (TPSA) is 55.6 Å². The van der Waals surface area contributed by atoms with Crippen LogP contribution in [0.25, 0.3) is 0 Å². The van der Waals surface area contributed by atoms with E-state index in [-0.39, 0.29) is 0 Å². The minimum atomic E-state index is 0.663. The first-order valence-corrected chi connectivity index (χ1v) is 7.67. The summed E-state index contributed by atoms with van der Waals surface area (Å²) < 4.78 is 6.33. The summed E-state index contributed by atoms with van der Waals surface area (Å²) in [4.78, 5) is 8.70. The van der Waals surface area contributed by atoms with Crippen molar-refractivity contribution in [3.05, 3.63) is 59.9 Å². The molecule has 5 nitrogen and oxygen atoms in total. The van der Waals surface area contributed by atoms with Gasteiger partial charge >= 0.3 is 0 Å². The zero-order chi connectivity index (χ0) is 14.5. The SMILES string of the molecule is Cc1nsc(NCc2nccn2CCc2ccccc2)n1. The van der Waals surface area contributed by atoms with Gasteiger partial charge in [0.2, 0.25) is 5.13 Å². The van der Waals surface area contributed by atoms with E-state index in [1.54, 1.807) is 0 Å². The number of aryl methyl sites for hydroxylation is 3. The van der Waals surface area contributed by atoms with Crippen LogP contribution in [0.5, 0.6) is 0 Å². The monoisotopic (exact) mass is 299 g/mol. The Morgan fingerprint density at radius 3 is 2.86 bits per heavy atom. The van der Waals surface area contributed by atoms with Gasteiger partial charge in [-0.3, -0.25) is 0 Å². The molecule has 1 N–H and O–H groups in total. The Balaban J connectivity index is 1.58. The maximum Gasteiger partial charge on any atom is 0.202 e. The van der Waals surface area contributed by atoms with Crippen LogP contribution in [-0.4, -0.2) is 18.9 Å². The highest BCUT2D eigenvalue weighted by molar-refractivity contribution is 7.09. The number of nitrogens with one attached hydrogen (secondary N) is 1. The van der Waals surface area contributed by atoms with Crippen LogP contribution < -0.4 is 5.32 Å². The number of benzene rings is 1. The maximum absolute atomic E-state index is 4.41. The Morgan fingerprint density at radius 2 is 2.10 bits per heavy atom. The minimum absolute atomic E-state index is 0.663. The Labute approximate surface area is 127 Å². The third-order valence-electron chi connectivity index (χ3n) is 3.21. The van der Waals surface area contributed by atoms with E-state index in [1.165, 1.54) is 17.1 Å². The van der Waals surface area contributed by atoms with Gasteiger partial charge in [-0.15, -0.1) is 0 Å². The van der Waals surface area contributed by atoms with Gasteiger partial charge in [-0.25, -0.2) is 9.97 Å². The summed E-state index contributed by atoms with van der Waals surface area (Å²) in [5, 5.41) is 4.11. The van der Waals surface area contributed by atoms with Crippen LogP contribution in [-0.2, 0) is 19.5 Å². The van der Waals surface area contributed by atoms with E-state index < -0.39 is 0 Å². The smallest absolute Gasteiger partial charge is 0.202 e. The summed E-state index contributed by atoms with van der Waals surface area (Å²) in [6.07, 6.45) is 4.86. The molecule has 3 aromatic rings. The molecule has 2 aromatic heterocycles. The van der Waals surface area contributed by atoms with Gasteiger partial charge in [0.25, 0.3) is 0 Å². The van der Waals surface area contributed by atoms with Crippen LogP contribution in [0.15, 0.2) is 42.7 Å². The largest absolute Gasteiger partial charge is 0.353 e. The normalized spacial score (nSPS) is 10.7. The molecule has 108 valence electrons. The first-order valence-electron chi connectivity index (χ1n) is 6.89. The summed E-state index contributed by atoms with van der Waals surface area (Å²) in [6.45, 7) is 3.48. The summed E-state index contributed by atoms with van der Waals surface area (Å²) >= 11 is 1.38. The summed E-state index contributed by atoms with van der Waals surface area (Å²) in [7, 11) is 0. The van der Waals surface area contributed by atoms with E-state index >= 15 is 0 Å². The molecule has 0 amide bonds. The fourth-order valence-electron chi connectivity index (χ4n) is 2.13. The number of hydrogen-bond donors (Lipinski definition) is 1. The lowest BCUT2D eigenvalue weighted by Crippen LogP contribution is -2.10. The van der Waals surface area contributed by atoms with Crippen molar-refractivity contribution < 1.29 is 0 Å². The standard InChI is InChI=1S/C15H17N5S/c1-12-18-15(21-19-12)17-11-14-16-8-10-20(14)9-7-13-5-3-2-4-6-13/h2-6,8,10H,7,9,11H2,1H3,(H,17,18,19). The Kier molecular flexibility index (Phi) is 4.25. The van der Waals surface area contributed by atoms with Gasteiger partial charge in [-0.2, -0.15) is 4.37 Å². The number of nitrogens with zero attached hydrogens (tertiary/aromatic N) is 4. The third kappa shape index (κ3) is 3.66. The van der Waals surface area contributed by atoms with Crippen LogP contribution in [0.3, 0.4) is 0 Å². The average molecular weight is 299 g/mol.